The number of carbonyl (C=O) groups excluding carboxylic acids is 2. The van der Waals surface area contributed by atoms with Gasteiger partial charge >= 0.3 is 5.97 Å². The summed E-state index contributed by atoms with van der Waals surface area (Å²) >= 11 is 1.30. The van der Waals surface area contributed by atoms with Gasteiger partial charge in [0.15, 0.2) is 10.9 Å². The predicted octanol–water partition coefficient (Wildman–Crippen LogP) is 2.29. The van der Waals surface area contributed by atoms with E-state index in [9.17, 15) is 9.59 Å². The monoisotopic (exact) mass is 363 g/mol. The number of ketones is 1. The fraction of sp³-hybridized carbons (Fsp3) is 0.412. The van der Waals surface area contributed by atoms with Crippen molar-refractivity contribution in [2.45, 2.75) is 30.7 Å². The van der Waals surface area contributed by atoms with Crippen LogP contribution in [0.15, 0.2) is 29.4 Å². The Labute approximate surface area is 150 Å². The lowest BCUT2D eigenvalue weighted by Gasteiger charge is -2.10. The Morgan fingerprint density at radius 2 is 1.92 bits per heavy atom. The minimum absolute atomic E-state index is 0.0115. The van der Waals surface area contributed by atoms with Crippen LogP contribution in [0.3, 0.4) is 0 Å². The van der Waals surface area contributed by atoms with Crippen LogP contribution in [0.2, 0.25) is 0 Å². The third kappa shape index (κ3) is 4.82. The minimum Gasteiger partial charge on any atom is -0.497 e. The molecule has 0 spiro atoms. The highest BCUT2D eigenvalue weighted by Crippen LogP contribution is 2.25. The summed E-state index contributed by atoms with van der Waals surface area (Å²) in [6.45, 7) is 3.89. The number of aromatic nitrogens is 3. The number of rotatable bonds is 8. The SMILES string of the molecule is CCOC(=O)Cc1nnc(S[C@@H](C)C(=O)c2ccc(OC)cc2)n1C. The number of ether oxygens (including phenoxy) is 2. The third-order valence-corrected chi connectivity index (χ3v) is 4.69. The topological polar surface area (TPSA) is 83.3 Å². The van der Waals surface area contributed by atoms with Gasteiger partial charge in [0.2, 0.25) is 0 Å². The highest BCUT2D eigenvalue weighted by Gasteiger charge is 2.21. The summed E-state index contributed by atoms with van der Waals surface area (Å²) in [5, 5.41) is 8.31. The number of thioether (sulfide) groups is 1. The van der Waals surface area contributed by atoms with Crippen molar-refractivity contribution >= 4 is 23.5 Å². The lowest BCUT2D eigenvalue weighted by atomic mass is 10.1. The van der Waals surface area contributed by atoms with Gasteiger partial charge in [0.05, 0.1) is 19.0 Å². The van der Waals surface area contributed by atoms with Crippen molar-refractivity contribution in [2.24, 2.45) is 7.05 Å². The second kappa shape index (κ2) is 8.66. The van der Waals surface area contributed by atoms with Crippen LogP contribution in [-0.2, 0) is 23.0 Å². The van der Waals surface area contributed by atoms with Crippen LogP contribution in [0.4, 0.5) is 0 Å². The zero-order chi connectivity index (χ0) is 18.4. The smallest absolute Gasteiger partial charge is 0.313 e. The number of hydrogen-bond acceptors (Lipinski definition) is 7. The summed E-state index contributed by atoms with van der Waals surface area (Å²) in [6.07, 6.45) is 0.0543. The molecule has 0 unspecified atom stereocenters. The Kier molecular flexibility index (Phi) is 6.58. The first-order valence-electron chi connectivity index (χ1n) is 7.85. The van der Waals surface area contributed by atoms with Crippen LogP contribution in [0.5, 0.6) is 5.75 Å². The molecule has 25 heavy (non-hydrogen) atoms. The van der Waals surface area contributed by atoms with Gasteiger partial charge in [-0.1, -0.05) is 11.8 Å². The van der Waals surface area contributed by atoms with Gasteiger partial charge in [0.25, 0.3) is 0 Å². The number of hydrogen-bond donors (Lipinski definition) is 0. The molecule has 1 heterocycles. The van der Waals surface area contributed by atoms with E-state index in [2.05, 4.69) is 10.2 Å². The summed E-state index contributed by atoms with van der Waals surface area (Å²) in [7, 11) is 3.35. The predicted molar refractivity (Wildman–Crippen MR) is 94.0 cm³/mol. The molecule has 0 saturated heterocycles. The molecule has 0 aliphatic carbocycles. The zero-order valence-corrected chi connectivity index (χ0v) is 15.5. The van der Waals surface area contributed by atoms with Crippen molar-refractivity contribution in [3.05, 3.63) is 35.7 Å². The van der Waals surface area contributed by atoms with Crippen LogP contribution < -0.4 is 4.74 Å². The molecule has 1 atom stereocenters. The number of esters is 1. The van der Waals surface area contributed by atoms with Gasteiger partial charge in [-0.3, -0.25) is 9.59 Å². The normalized spacial score (nSPS) is 11.8. The quantitative estimate of drug-likeness (QED) is 0.404. The molecule has 7 nitrogen and oxygen atoms in total. The molecule has 0 aliphatic heterocycles. The van der Waals surface area contributed by atoms with Crippen LogP contribution in [0.25, 0.3) is 0 Å². The number of methoxy groups -OCH3 is 1. The molecular weight excluding hydrogens is 342 g/mol. The Morgan fingerprint density at radius 1 is 1.24 bits per heavy atom. The van der Waals surface area contributed by atoms with Crippen LogP contribution in [0, 0.1) is 0 Å². The molecule has 0 fully saturated rings. The van der Waals surface area contributed by atoms with Gasteiger partial charge in [-0.05, 0) is 38.1 Å². The molecule has 0 N–H and O–H groups in total. The Balaban J connectivity index is 2.04. The summed E-state index contributed by atoms with van der Waals surface area (Å²) in [5.41, 5.74) is 0.606. The molecule has 8 heteroatoms. The van der Waals surface area contributed by atoms with E-state index in [0.29, 0.717) is 28.9 Å². The summed E-state index contributed by atoms with van der Waals surface area (Å²) in [4.78, 5) is 24.1. The van der Waals surface area contributed by atoms with E-state index < -0.39 is 0 Å². The average molecular weight is 363 g/mol. The number of benzene rings is 1. The van der Waals surface area contributed by atoms with E-state index in [1.54, 1.807) is 49.9 Å². The van der Waals surface area contributed by atoms with E-state index in [1.807, 2.05) is 6.92 Å². The fourth-order valence-corrected chi connectivity index (χ4v) is 3.06. The number of carbonyl (C=O) groups is 2. The van der Waals surface area contributed by atoms with Crippen molar-refractivity contribution in [1.29, 1.82) is 0 Å². The maximum Gasteiger partial charge on any atom is 0.313 e. The van der Waals surface area contributed by atoms with Gasteiger partial charge in [-0.2, -0.15) is 0 Å². The van der Waals surface area contributed by atoms with E-state index >= 15 is 0 Å². The third-order valence-electron chi connectivity index (χ3n) is 3.56. The summed E-state index contributed by atoms with van der Waals surface area (Å²) in [6, 6.07) is 6.98. The number of nitrogens with zero attached hydrogens (tertiary/aromatic N) is 3. The van der Waals surface area contributed by atoms with Gasteiger partial charge in [0, 0.05) is 12.6 Å². The van der Waals surface area contributed by atoms with Gasteiger partial charge < -0.3 is 14.0 Å². The molecule has 0 amide bonds. The van der Waals surface area contributed by atoms with Crippen molar-refractivity contribution < 1.29 is 19.1 Å². The fourth-order valence-electron chi connectivity index (χ4n) is 2.14. The molecule has 1 aromatic heterocycles. The molecule has 2 rings (SSSR count). The first kappa shape index (κ1) is 19.0. The van der Waals surface area contributed by atoms with E-state index in [4.69, 9.17) is 9.47 Å². The Morgan fingerprint density at radius 3 is 2.52 bits per heavy atom. The van der Waals surface area contributed by atoms with Crippen LogP contribution >= 0.6 is 11.8 Å². The van der Waals surface area contributed by atoms with Crippen LogP contribution in [-0.4, -0.2) is 45.5 Å². The van der Waals surface area contributed by atoms with Crippen molar-refractivity contribution in [2.75, 3.05) is 13.7 Å². The van der Waals surface area contributed by atoms with Crippen LogP contribution in [0.1, 0.15) is 30.0 Å². The lowest BCUT2D eigenvalue weighted by molar-refractivity contribution is -0.142. The van der Waals surface area contributed by atoms with Crippen molar-refractivity contribution in [1.82, 2.24) is 14.8 Å². The largest absolute Gasteiger partial charge is 0.497 e. The second-order valence-corrected chi connectivity index (χ2v) is 6.60. The van der Waals surface area contributed by atoms with Gasteiger partial charge in [-0.25, -0.2) is 0 Å². The first-order chi connectivity index (χ1) is 12.0. The zero-order valence-electron chi connectivity index (χ0n) is 14.7. The maximum atomic E-state index is 12.5. The second-order valence-electron chi connectivity index (χ2n) is 5.29. The minimum atomic E-state index is -0.350. The Hall–Kier alpha value is -2.35. The Bertz CT molecular complexity index is 743. The lowest BCUT2D eigenvalue weighted by Crippen LogP contribution is -2.15. The molecule has 0 saturated carbocycles. The molecular formula is C17H21N3O4S. The summed E-state index contributed by atoms with van der Waals surface area (Å²) < 4.78 is 11.7. The molecule has 0 aliphatic rings. The highest BCUT2D eigenvalue weighted by atomic mass is 32.2. The number of Topliss-reactive ketones (excluding diaryl/α,β-unsaturated/α-hetero) is 1. The molecule has 0 radical (unpaired) electrons. The van der Waals surface area contributed by atoms with Crippen molar-refractivity contribution in [3.8, 4) is 5.75 Å². The van der Waals surface area contributed by atoms with E-state index in [0.717, 1.165) is 0 Å². The van der Waals surface area contributed by atoms with E-state index in [1.165, 1.54) is 11.8 Å². The maximum absolute atomic E-state index is 12.5. The molecule has 134 valence electrons. The highest BCUT2D eigenvalue weighted by molar-refractivity contribution is 8.00. The molecule has 2 aromatic rings. The molecule has 0 bridgehead atoms. The summed E-state index contributed by atoms with van der Waals surface area (Å²) in [5.74, 6) is 0.846. The van der Waals surface area contributed by atoms with Gasteiger partial charge in [0.1, 0.15) is 18.0 Å². The first-order valence-corrected chi connectivity index (χ1v) is 8.73. The average Bonchev–Trinajstić information content (AvgIpc) is 2.94. The van der Waals surface area contributed by atoms with Gasteiger partial charge in [-0.15, -0.1) is 10.2 Å². The van der Waals surface area contributed by atoms with E-state index in [-0.39, 0.29) is 23.4 Å². The molecule has 1 aromatic carbocycles. The standard InChI is InChI=1S/C17H21N3O4S/c1-5-24-15(21)10-14-18-19-17(20(14)3)25-11(2)16(22)12-6-8-13(23-4)9-7-12/h6-9,11H,5,10H2,1-4H3/t11-/m0/s1. The van der Waals surface area contributed by atoms with Crippen molar-refractivity contribution in [3.63, 3.8) is 0 Å².